The Morgan fingerprint density at radius 1 is 1.00 bits per heavy atom. The third kappa shape index (κ3) is 5.06. The Hall–Kier alpha value is -3.74. The van der Waals surface area contributed by atoms with Crippen molar-refractivity contribution in [2.75, 3.05) is 5.32 Å². The van der Waals surface area contributed by atoms with Crippen LogP contribution in [0.25, 0.3) is 17.5 Å². The minimum atomic E-state index is -0.392. The summed E-state index contributed by atoms with van der Waals surface area (Å²) in [6.45, 7) is 2.28. The number of hydrogen-bond donors (Lipinski definition) is 2. The maximum atomic E-state index is 12.9. The molecule has 1 aliphatic heterocycles. The van der Waals surface area contributed by atoms with E-state index in [1.165, 1.54) is 13.3 Å². The van der Waals surface area contributed by atoms with Gasteiger partial charge < -0.3 is 15.2 Å². The molecule has 1 aliphatic rings. The molecular formula is C24H25N5O2. The maximum absolute atomic E-state index is 12.9. The van der Waals surface area contributed by atoms with Crippen molar-refractivity contribution in [3.63, 3.8) is 0 Å². The molecule has 31 heavy (non-hydrogen) atoms. The molecule has 0 radical (unpaired) electrons. The maximum Gasteiger partial charge on any atom is 0.272 e. The summed E-state index contributed by atoms with van der Waals surface area (Å²) in [6.07, 6.45) is 6.03. The van der Waals surface area contributed by atoms with Crippen molar-refractivity contribution in [1.82, 2.24) is 20.1 Å². The number of amides is 2. The van der Waals surface area contributed by atoms with Crippen LogP contribution in [0.5, 0.6) is 0 Å². The highest BCUT2D eigenvalue weighted by Gasteiger charge is 2.17. The fraction of sp³-hybridized carbons (Fsp3) is 0.250. The Kier molecular flexibility index (Phi) is 6.21. The summed E-state index contributed by atoms with van der Waals surface area (Å²) >= 11 is 0. The van der Waals surface area contributed by atoms with E-state index in [0.29, 0.717) is 5.69 Å². The molecule has 2 heterocycles. The molecule has 1 aromatic heterocycles. The van der Waals surface area contributed by atoms with E-state index in [0.717, 1.165) is 48.6 Å². The molecule has 2 N–H and O–H groups in total. The highest BCUT2D eigenvalue weighted by molar-refractivity contribution is 6.08. The van der Waals surface area contributed by atoms with Gasteiger partial charge in [0.2, 0.25) is 5.91 Å². The lowest BCUT2D eigenvalue weighted by Crippen LogP contribution is -2.28. The van der Waals surface area contributed by atoms with Gasteiger partial charge in [0.15, 0.2) is 5.82 Å². The second-order valence-electron chi connectivity index (χ2n) is 7.59. The lowest BCUT2D eigenvalue weighted by atomic mass is 10.1. The van der Waals surface area contributed by atoms with Gasteiger partial charge in [0.25, 0.3) is 5.91 Å². The van der Waals surface area contributed by atoms with Gasteiger partial charge in [0, 0.05) is 31.1 Å². The molecule has 0 atom stereocenters. The first-order chi connectivity index (χ1) is 15.1. The smallest absolute Gasteiger partial charge is 0.272 e. The Morgan fingerprint density at radius 2 is 1.84 bits per heavy atom. The van der Waals surface area contributed by atoms with E-state index < -0.39 is 5.91 Å². The minimum Gasteiger partial charge on any atom is -0.322 e. The standard InChI is InChI=1S/C24H25N5O2/c1-17(30)25-21(15-18-9-4-2-5-10-18)24(31)26-20-12-8-11-19(16-20)23-28-27-22-13-6-3-7-14-29(22)23/h2,4-5,8-12,15-16H,3,6-7,13-14H2,1H3,(H,25,30)(H,26,31)/b21-15-. The zero-order chi connectivity index (χ0) is 21.6. The number of benzene rings is 2. The quantitative estimate of drug-likeness (QED) is 0.621. The predicted molar refractivity (Wildman–Crippen MR) is 120 cm³/mol. The SMILES string of the molecule is CC(=O)N/C(=C\c1ccccc1)C(=O)Nc1cccc(-c2nnc3n2CCCCC3)c1. The zero-order valence-corrected chi connectivity index (χ0v) is 17.5. The number of aryl methyl sites for hydroxylation is 1. The molecule has 0 saturated heterocycles. The molecule has 0 saturated carbocycles. The average molecular weight is 415 g/mol. The van der Waals surface area contributed by atoms with Gasteiger partial charge in [-0.15, -0.1) is 10.2 Å². The Labute approximate surface area is 181 Å². The van der Waals surface area contributed by atoms with E-state index in [2.05, 4.69) is 25.4 Å². The van der Waals surface area contributed by atoms with E-state index in [4.69, 9.17) is 0 Å². The van der Waals surface area contributed by atoms with Crippen molar-refractivity contribution in [3.05, 3.63) is 71.7 Å². The first-order valence-electron chi connectivity index (χ1n) is 10.5. The molecule has 0 bridgehead atoms. The van der Waals surface area contributed by atoms with Crippen LogP contribution < -0.4 is 10.6 Å². The van der Waals surface area contributed by atoms with Crippen molar-refractivity contribution in [2.24, 2.45) is 0 Å². The van der Waals surface area contributed by atoms with Crippen LogP contribution in [-0.4, -0.2) is 26.6 Å². The summed E-state index contributed by atoms with van der Waals surface area (Å²) in [5.74, 6) is 1.13. The largest absolute Gasteiger partial charge is 0.322 e. The summed E-state index contributed by atoms with van der Waals surface area (Å²) in [4.78, 5) is 24.5. The summed E-state index contributed by atoms with van der Waals surface area (Å²) in [7, 11) is 0. The molecule has 4 rings (SSSR count). The van der Waals surface area contributed by atoms with Gasteiger partial charge in [-0.25, -0.2) is 0 Å². The summed E-state index contributed by atoms with van der Waals surface area (Å²) in [5, 5.41) is 14.3. The third-order valence-corrected chi connectivity index (χ3v) is 5.15. The molecule has 2 aromatic carbocycles. The number of nitrogens with one attached hydrogen (secondary N) is 2. The van der Waals surface area contributed by atoms with E-state index >= 15 is 0 Å². The number of anilines is 1. The van der Waals surface area contributed by atoms with E-state index in [9.17, 15) is 9.59 Å². The van der Waals surface area contributed by atoms with Gasteiger partial charge in [-0.05, 0) is 36.6 Å². The number of rotatable bonds is 5. The molecule has 0 spiro atoms. The Bertz CT molecular complexity index is 1120. The van der Waals surface area contributed by atoms with E-state index in [-0.39, 0.29) is 11.6 Å². The van der Waals surface area contributed by atoms with Crippen LogP contribution in [0.15, 0.2) is 60.3 Å². The third-order valence-electron chi connectivity index (χ3n) is 5.15. The first-order valence-corrected chi connectivity index (χ1v) is 10.5. The Morgan fingerprint density at radius 3 is 2.65 bits per heavy atom. The van der Waals surface area contributed by atoms with Crippen molar-refractivity contribution in [1.29, 1.82) is 0 Å². The van der Waals surface area contributed by atoms with E-state index in [1.807, 2.05) is 54.6 Å². The van der Waals surface area contributed by atoms with Crippen molar-refractivity contribution < 1.29 is 9.59 Å². The fourth-order valence-corrected chi connectivity index (χ4v) is 3.70. The van der Waals surface area contributed by atoms with Crippen LogP contribution in [0.4, 0.5) is 5.69 Å². The molecule has 0 fully saturated rings. The van der Waals surface area contributed by atoms with Crippen LogP contribution >= 0.6 is 0 Å². The number of carbonyl (C=O) groups excluding carboxylic acids is 2. The number of fused-ring (bicyclic) bond motifs is 1. The number of nitrogens with zero attached hydrogens (tertiary/aromatic N) is 3. The number of hydrogen-bond acceptors (Lipinski definition) is 4. The van der Waals surface area contributed by atoms with Gasteiger partial charge in [0.1, 0.15) is 11.5 Å². The van der Waals surface area contributed by atoms with E-state index in [1.54, 1.807) is 6.08 Å². The Balaban J connectivity index is 1.58. The first kappa shape index (κ1) is 20.5. The summed E-state index contributed by atoms with van der Waals surface area (Å²) < 4.78 is 2.17. The highest BCUT2D eigenvalue weighted by atomic mass is 16.2. The van der Waals surface area contributed by atoms with Crippen LogP contribution in [0, 0.1) is 0 Å². The summed E-state index contributed by atoms with van der Waals surface area (Å²) in [5.41, 5.74) is 2.52. The lowest BCUT2D eigenvalue weighted by molar-refractivity contribution is -0.120. The molecule has 7 nitrogen and oxygen atoms in total. The van der Waals surface area contributed by atoms with Gasteiger partial charge in [0.05, 0.1) is 0 Å². The lowest BCUT2D eigenvalue weighted by Gasteiger charge is -2.11. The van der Waals surface area contributed by atoms with Gasteiger partial charge in [-0.2, -0.15) is 0 Å². The zero-order valence-electron chi connectivity index (χ0n) is 17.5. The number of aromatic nitrogens is 3. The van der Waals surface area contributed by atoms with Gasteiger partial charge in [-0.3, -0.25) is 9.59 Å². The highest BCUT2D eigenvalue weighted by Crippen LogP contribution is 2.25. The van der Waals surface area contributed by atoms with Crippen LogP contribution in [0.3, 0.4) is 0 Å². The number of carbonyl (C=O) groups is 2. The topological polar surface area (TPSA) is 88.9 Å². The molecule has 3 aromatic rings. The minimum absolute atomic E-state index is 0.181. The fourth-order valence-electron chi connectivity index (χ4n) is 3.70. The van der Waals surface area contributed by atoms with Crippen molar-refractivity contribution in [3.8, 4) is 11.4 Å². The molecule has 2 amide bonds. The monoisotopic (exact) mass is 415 g/mol. The second kappa shape index (κ2) is 9.38. The van der Waals surface area contributed by atoms with Gasteiger partial charge >= 0.3 is 0 Å². The summed E-state index contributed by atoms with van der Waals surface area (Å²) in [6, 6.07) is 16.9. The normalized spacial score (nSPS) is 13.8. The molecule has 0 aliphatic carbocycles. The molecular weight excluding hydrogens is 390 g/mol. The molecule has 158 valence electrons. The predicted octanol–water partition coefficient (Wildman–Crippen LogP) is 3.79. The van der Waals surface area contributed by atoms with Crippen molar-refractivity contribution in [2.45, 2.75) is 39.2 Å². The second-order valence-corrected chi connectivity index (χ2v) is 7.59. The molecule has 0 unspecified atom stereocenters. The molecule has 7 heteroatoms. The van der Waals surface area contributed by atoms with Crippen LogP contribution in [0.1, 0.15) is 37.6 Å². The van der Waals surface area contributed by atoms with Gasteiger partial charge in [-0.1, -0.05) is 48.9 Å². The van der Waals surface area contributed by atoms with Crippen LogP contribution in [-0.2, 0) is 22.6 Å². The van der Waals surface area contributed by atoms with Crippen molar-refractivity contribution >= 4 is 23.6 Å². The van der Waals surface area contributed by atoms with Crippen LogP contribution in [0.2, 0.25) is 0 Å². The average Bonchev–Trinajstić information content (AvgIpc) is 3.02.